The fraction of sp³-hybridized carbons (Fsp3) is 0.200. The highest BCUT2D eigenvalue weighted by Crippen LogP contribution is 2.21. The number of rotatable bonds is 4. The van der Waals surface area contributed by atoms with Crippen LogP contribution in [0.3, 0.4) is 0 Å². The fourth-order valence-electron chi connectivity index (χ4n) is 1.67. The Morgan fingerprint density at radius 2 is 2.00 bits per heavy atom. The first-order valence-corrected chi connectivity index (χ1v) is 5.63. The summed E-state index contributed by atoms with van der Waals surface area (Å²) in [5, 5.41) is 0. The molecule has 0 saturated carbocycles. The van der Waals surface area contributed by atoms with Gasteiger partial charge in [-0.15, -0.1) is 0 Å². The molecule has 2 heteroatoms. The predicted octanol–water partition coefficient (Wildman–Crippen LogP) is 3.57. The van der Waals surface area contributed by atoms with Crippen molar-refractivity contribution in [2.75, 3.05) is 7.11 Å². The topological polar surface area (TPSA) is 18.5 Å². The van der Waals surface area contributed by atoms with Crippen molar-refractivity contribution in [2.24, 2.45) is 0 Å². The zero-order valence-electron chi connectivity index (χ0n) is 9.93. The summed E-state index contributed by atoms with van der Waals surface area (Å²) in [7, 11) is 1.65. The first-order valence-electron chi connectivity index (χ1n) is 5.63. The van der Waals surface area contributed by atoms with E-state index in [2.05, 4.69) is 12.7 Å². The van der Waals surface area contributed by atoms with E-state index in [0.717, 1.165) is 17.7 Å². The lowest BCUT2D eigenvalue weighted by Crippen LogP contribution is -2.09. The maximum Gasteiger partial charge on any atom is 0.121 e. The van der Waals surface area contributed by atoms with Crippen LogP contribution in [0.5, 0.6) is 5.75 Å². The first-order chi connectivity index (χ1) is 8.29. The van der Waals surface area contributed by atoms with Gasteiger partial charge in [0.05, 0.1) is 7.11 Å². The second-order valence-electron chi connectivity index (χ2n) is 3.86. The Morgan fingerprint density at radius 1 is 1.24 bits per heavy atom. The van der Waals surface area contributed by atoms with Gasteiger partial charge < -0.3 is 9.47 Å². The molecule has 1 atom stereocenters. The van der Waals surface area contributed by atoms with Crippen molar-refractivity contribution in [3.63, 3.8) is 0 Å². The number of hydrogen-bond donors (Lipinski definition) is 0. The maximum atomic E-state index is 5.78. The normalized spacial score (nSPS) is 17.8. The fourth-order valence-corrected chi connectivity index (χ4v) is 1.67. The molecule has 0 fully saturated rings. The van der Waals surface area contributed by atoms with Gasteiger partial charge in [0.15, 0.2) is 0 Å². The SMILES string of the molecule is C=C(OC1C=CC=CC1)c1ccc(OC)cc1. The highest BCUT2D eigenvalue weighted by molar-refractivity contribution is 5.58. The summed E-state index contributed by atoms with van der Waals surface area (Å²) in [5.41, 5.74) is 0.980. The van der Waals surface area contributed by atoms with Crippen LogP contribution >= 0.6 is 0 Å². The summed E-state index contributed by atoms with van der Waals surface area (Å²) >= 11 is 0. The summed E-state index contributed by atoms with van der Waals surface area (Å²) in [5.74, 6) is 1.53. The lowest BCUT2D eigenvalue weighted by Gasteiger charge is -2.17. The molecular weight excluding hydrogens is 212 g/mol. The van der Waals surface area contributed by atoms with Crippen LogP contribution in [-0.4, -0.2) is 13.2 Å². The largest absolute Gasteiger partial charge is 0.497 e. The van der Waals surface area contributed by atoms with Gasteiger partial charge in [0.1, 0.15) is 17.6 Å². The second kappa shape index (κ2) is 5.39. The average molecular weight is 228 g/mol. The number of methoxy groups -OCH3 is 1. The van der Waals surface area contributed by atoms with Crippen LogP contribution in [0.25, 0.3) is 5.76 Å². The Bertz CT molecular complexity index is 440. The third kappa shape index (κ3) is 3.00. The van der Waals surface area contributed by atoms with Gasteiger partial charge in [-0.25, -0.2) is 0 Å². The van der Waals surface area contributed by atoms with E-state index in [1.807, 2.05) is 42.5 Å². The summed E-state index contributed by atoms with van der Waals surface area (Å²) < 4.78 is 10.9. The van der Waals surface area contributed by atoms with E-state index in [4.69, 9.17) is 9.47 Å². The molecule has 0 heterocycles. The van der Waals surface area contributed by atoms with Crippen molar-refractivity contribution in [3.05, 3.63) is 60.7 Å². The second-order valence-corrected chi connectivity index (χ2v) is 3.86. The molecule has 2 nitrogen and oxygen atoms in total. The monoisotopic (exact) mass is 228 g/mol. The van der Waals surface area contributed by atoms with Gasteiger partial charge in [-0.2, -0.15) is 0 Å². The van der Waals surface area contributed by atoms with E-state index in [1.54, 1.807) is 7.11 Å². The molecule has 2 rings (SSSR count). The van der Waals surface area contributed by atoms with Gasteiger partial charge in [-0.3, -0.25) is 0 Å². The summed E-state index contributed by atoms with van der Waals surface area (Å²) in [6.07, 6.45) is 9.13. The molecule has 1 unspecified atom stereocenters. The van der Waals surface area contributed by atoms with Crippen LogP contribution in [0.15, 0.2) is 55.1 Å². The molecule has 17 heavy (non-hydrogen) atoms. The Hall–Kier alpha value is -1.96. The summed E-state index contributed by atoms with van der Waals surface area (Å²) in [6.45, 7) is 3.95. The molecule has 1 aromatic carbocycles. The molecule has 88 valence electrons. The Balaban J connectivity index is 1.99. The third-order valence-corrected chi connectivity index (χ3v) is 2.65. The molecule has 0 aromatic heterocycles. The number of hydrogen-bond acceptors (Lipinski definition) is 2. The van der Waals surface area contributed by atoms with Gasteiger partial charge in [-0.1, -0.05) is 24.8 Å². The van der Waals surface area contributed by atoms with Crippen molar-refractivity contribution in [1.82, 2.24) is 0 Å². The van der Waals surface area contributed by atoms with E-state index in [9.17, 15) is 0 Å². The minimum absolute atomic E-state index is 0.0922. The van der Waals surface area contributed by atoms with Gasteiger partial charge in [0.2, 0.25) is 0 Å². The minimum Gasteiger partial charge on any atom is -0.497 e. The van der Waals surface area contributed by atoms with Crippen molar-refractivity contribution in [2.45, 2.75) is 12.5 Å². The van der Waals surface area contributed by atoms with E-state index < -0.39 is 0 Å². The molecule has 1 aliphatic carbocycles. The average Bonchev–Trinajstić information content (AvgIpc) is 2.40. The highest BCUT2D eigenvalue weighted by atomic mass is 16.5. The van der Waals surface area contributed by atoms with E-state index in [1.165, 1.54) is 0 Å². The van der Waals surface area contributed by atoms with Crippen LogP contribution < -0.4 is 4.74 Å². The highest BCUT2D eigenvalue weighted by Gasteiger charge is 2.09. The number of ether oxygens (including phenoxy) is 2. The molecule has 0 N–H and O–H groups in total. The number of benzene rings is 1. The van der Waals surface area contributed by atoms with E-state index >= 15 is 0 Å². The lowest BCUT2D eigenvalue weighted by atomic mass is 10.1. The van der Waals surface area contributed by atoms with Crippen molar-refractivity contribution < 1.29 is 9.47 Å². The molecule has 1 aromatic rings. The Morgan fingerprint density at radius 3 is 2.59 bits per heavy atom. The molecule has 0 bridgehead atoms. The zero-order valence-corrected chi connectivity index (χ0v) is 9.93. The van der Waals surface area contributed by atoms with Crippen LogP contribution in [0.2, 0.25) is 0 Å². The Labute approximate surface area is 102 Å². The number of allylic oxidation sites excluding steroid dienone is 2. The van der Waals surface area contributed by atoms with Gasteiger partial charge in [0.25, 0.3) is 0 Å². The van der Waals surface area contributed by atoms with Gasteiger partial charge in [0, 0.05) is 12.0 Å². The van der Waals surface area contributed by atoms with Crippen LogP contribution in [0.1, 0.15) is 12.0 Å². The summed E-state index contributed by atoms with van der Waals surface area (Å²) in [4.78, 5) is 0. The molecular formula is C15H16O2. The first kappa shape index (κ1) is 11.5. The van der Waals surface area contributed by atoms with Crippen molar-refractivity contribution in [3.8, 4) is 5.75 Å². The Kier molecular flexibility index (Phi) is 3.66. The van der Waals surface area contributed by atoms with Crippen molar-refractivity contribution >= 4 is 5.76 Å². The molecule has 0 saturated heterocycles. The molecule has 0 radical (unpaired) electrons. The lowest BCUT2D eigenvalue weighted by molar-refractivity contribution is 0.214. The van der Waals surface area contributed by atoms with Gasteiger partial charge >= 0.3 is 0 Å². The standard InChI is InChI=1S/C15H16O2/c1-12(17-15-6-4-3-5-7-15)13-8-10-14(16-2)11-9-13/h3-6,8-11,15H,1,7H2,2H3. The maximum absolute atomic E-state index is 5.78. The smallest absolute Gasteiger partial charge is 0.121 e. The molecule has 0 spiro atoms. The molecule has 0 amide bonds. The third-order valence-electron chi connectivity index (χ3n) is 2.65. The predicted molar refractivity (Wildman–Crippen MR) is 69.8 cm³/mol. The van der Waals surface area contributed by atoms with Crippen LogP contribution in [-0.2, 0) is 4.74 Å². The van der Waals surface area contributed by atoms with E-state index in [0.29, 0.717) is 5.76 Å². The van der Waals surface area contributed by atoms with Crippen molar-refractivity contribution in [1.29, 1.82) is 0 Å². The molecule has 0 aliphatic heterocycles. The quantitative estimate of drug-likeness (QED) is 0.733. The summed E-state index contributed by atoms with van der Waals surface area (Å²) in [6, 6.07) is 7.70. The van der Waals surface area contributed by atoms with Crippen LogP contribution in [0.4, 0.5) is 0 Å². The minimum atomic E-state index is 0.0922. The van der Waals surface area contributed by atoms with Gasteiger partial charge in [-0.05, 0) is 30.3 Å². The van der Waals surface area contributed by atoms with Crippen LogP contribution in [0, 0.1) is 0 Å². The molecule has 1 aliphatic rings. The van der Waals surface area contributed by atoms with E-state index in [-0.39, 0.29) is 6.10 Å². The zero-order chi connectivity index (χ0) is 12.1.